The van der Waals surface area contributed by atoms with Gasteiger partial charge in [-0.1, -0.05) is 0 Å². The Labute approximate surface area is 85.6 Å². The van der Waals surface area contributed by atoms with E-state index in [1.54, 1.807) is 5.32 Å². The summed E-state index contributed by atoms with van der Waals surface area (Å²) in [7, 11) is 0. The van der Waals surface area contributed by atoms with E-state index in [0.29, 0.717) is 6.54 Å². The maximum atomic E-state index is 11.7. The lowest BCUT2D eigenvalue weighted by Gasteiger charge is -2.24. The molecule has 2 amide bonds. The van der Waals surface area contributed by atoms with E-state index in [-0.39, 0.29) is 6.04 Å². The fraction of sp³-hybridized carbons (Fsp3) is 0.875. The molecule has 0 aromatic carbocycles. The molecular weight excluding hydrogens is 211 g/mol. The molecule has 0 aliphatic carbocycles. The van der Waals surface area contributed by atoms with Crippen LogP contribution in [0.5, 0.6) is 0 Å². The number of halogens is 3. The van der Waals surface area contributed by atoms with Gasteiger partial charge >= 0.3 is 12.2 Å². The van der Waals surface area contributed by atoms with Crippen molar-refractivity contribution in [2.24, 2.45) is 0 Å². The molecule has 88 valence electrons. The Balaban J connectivity index is 2.17. The summed E-state index contributed by atoms with van der Waals surface area (Å²) in [6, 6.07) is -0.840. The Bertz CT molecular complexity index is 214. The molecule has 0 radical (unpaired) electrons. The lowest BCUT2D eigenvalue weighted by atomic mass is 10.1. The highest BCUT2D eigenvalue weighted by Gasteiger charge is 2.28. The molecular formula is C8H14F3N3O. The molecule has 0 aromatic heterocycles. The summed E-state index contributed by atoms with van der Waals surface area (Å²) in [5, 5.41) is 7.29. The van der Waals surface area contributed by atoms with Gasteiger partial charge in [-0.15, -0.1) is 0 Å². The average Bonchev–Trinajstić information content (AvgIpc) is 2.15. The maximum absolute atomic E-state index is 11.7. The molecule has 1 fully saturated rings. The van der Waals surface area contributed by atoms with Gasteiger partial charge in [0.15, 0.2) is 0 Å². The lowest BCUT2D eigenvalue weighted by molar-refractivity contribution is -0.122. The van der Waals surface area contributed by atoms with Crippen LogP contribution in [0, 0.1) is 0 Å². The zero-order chi connectivity index (χ0) is 11.3. The van der Waals surface area contributed by atoms with E-state index >= 15 is 0 Å². The van der Waals surface area contributed by atoms with E-state index < -0.39 is 18.8 Å². The Morgan fingerprint density at radius 1 is 1.47 bits per heavy atom. The fourth-order valence-corrected chi connectivity index (χ4v) is 1.39. The van der Waals surface area contributed by atoms with Crippen LogP contribution >= 0.6 is 0 Å². The normalized spacial score (nSPS) is 22.2. The van der Waals surface area contributed by atoms with Crippen LogP contribution in [0.4, 0.5) is 18.0 Å². The monoisotopic (exact) mass is 225 g/mol. The molecule has 7 heteroatoms. The predicted octanol–water partition coefficient (Wildman–Crippen LogP) is 0.600. The number of nitrogens with one attached hydrogen (secondary N) is 3. The molecule has 15 heavy (non-hydrogen) atoms. The summed E-state index contributed by atoms with van der Waals surface area (Å²) >= 11 is 0. The van der Waals surface area contributed by atoms with Crippen molar-refractivity contribution in [1.82, 2.24) is 16.0 Å². The van der Waals surface area contributed by atoms with Gasteiger partial charge < -0.3 is 16.0 Å². The molecule has 0 saturated carbocycles. The minimum atomic E-state index is -4.36. The van der Waals surface area contributed by atoms with E-state index in [1.165, 1.54) is 0 Å². The molecule has 1 aliphatic heterocycles. The summed E-state index contributed by atoms with van der Waals surface area (Å²) in [5.74, 6) is 0. The van der Waals surface area contributed by atoms with Crippen LogP contribution in [0.3, 0.4) is 0 Å². The van der Waals surface area contributed by atoms with Crippen LogP contribution in [0.1, 0.15) is 12.8 Å². The van der Waals surface area contributed by atoms with Gasteiger partial charge in [0.1, 0.15) is 6.54 Å². The minimum Gasteiger partial charge on any atom is -0.334 e. The van der Waals surface area contributed by atoms with Crippen LogP contribution in [0.15, 0.2) is 0 Å². The number of carbonyl (C=O) groups excluding carboxylic acids is 1. The predicted molar refractivity (Wildman–Crippen MR) is 48.5 cm³/mol. The third kappa shape index (κ3) is 5.46. The van der Waals surface area contributed by atoms with Crippen molar-refractivity contribution in [2.45, 2.75) is 25.1 Å². The maximum Gasteiger partial charge on any atom is 0.405 e. The van der Waals surface area contributed by atoms with E-state index in [4.69, 9.17) is 0 Å². The number of rotatable bonds is 2. The third-order valence-corrected chi connectivity index (χ3v) is 2.08. The Hall–Kier alpha value is -0.980. The molecule has 0 aromatic rings. The molecule has 1 saturated heterocycles. The quantitative estimate of drug-likeness (QED) is 0.644. The van der Waals surface area contributed by atoms with Crippen LogP contribution in [0.2, 0.25) is 0 Å². The summed E-state index contributed by atoms with van der Waals surface area (Å²) in [5.41, 5.74) is 0. The fourth-order valence-electron chi connectivity index (χ4n) is 1.39. The first-order valence-electron chi connectivity index (χ1n) is 4.79. The first-order chi connectivity index (χ1) is 6.97. The highest BCUT2D eigenvalue weighted by molar-refractivity contribution is 5.74. The average molecular weight is 225 g/mol. The molecule has 1 heterocycles. The van der Waals surface area contributed by atoms with Crippen LogP contribution < -0.4 is 16.0 Å². The Morgan fingerprint density at radius 2 is 2.20 bits per heavy atom. The van der Waals surface area contributed by atoms with Gasteiger partial charge in [-0.05, 0) is 19.4 Å². The molecule has 1 rings (SSSR count). The molecule has 1 unspecified atom stereocenters. The zero-order valence-corrected chi connectivity index (χ0v) is 8.16. The van der Waals surface area contributed by atoms with Crippen molar-refractivity contribution >= 4 is 6.03 Å². The van der Waals surface area contributed by atoms with Crippen molar-refractivity contribution in [1.29, 1.82) is 0 Å². The van der Waals surface area contributed by atoms with E-state index in [1.807, 2.05) is 0 Å². The van der Waals surface area contributed by atoms with Gasteiger partial charge in [-0.2, -0.15) is 13.2 Å². The van der Waals surface area contributed by atoms with Crippen molar-refractivity contribution < 1.29 is 18.0 Å². The second-order valence-electron chi connectivity index (χ2n) is 3.49. The van der Waals surface area contributed by atoms with E-state index in [2.05, 4.69) is 10.6 Å². The zero-order valence-electron chi connectivity index (χ0n) is 8.16. The number of hydrogen-bond donors (Lipinski definition) is 3. The molecule has 4 nitrogen and oxygen atoms in total. The minimum absolute atomic E-state index is 0.0769. The van der Waals surface area contributed by atoms with Crippen molar-refractivity contribution in [3.8, 4) is 0 Å². The van der Waals surface area contributed by atoms with Crippen molar-refractivity contribution in [3.63, 3.8) is 0 Å². The van der Waals surface area contributed by atoms with E-state index in [9.17, 15) is 18.0 Å². The third-order valence-electron chi connectivity index (χ3n) is 2.08. The molecule has 1 atom stereocenters. The standard InChI is InChI=1S/C8H14F3N3O/c9-8(10,11)5-13-7(15)14-6-2-1-3-12-4-6/h6,12H,1-5H2,(H2,13,14,15). The Morgan fingerprint density at radius 3 is 2.73 bits per heavy atom. The van der Waals surface area contributed by atoms with Gasteiger partial charge in [0.25, 0.3) is 0 Å². The van der Waals surface area contributed by atoms with Crippen LogP contribution in [-0.2, 0) is 0 Å². The van der Waals surface area contributed by atoms with Crippen molar-refractivity contribution in [2.75, 3.05) is 19.6 Å². The number of hydrogen-bond acceptors (Lipinski definition) is 2. The van der Waals surface area contributed by atoms with Gasteiger partial charge in [-0.3, -0.25) is 0 Å². The largest absolute Gasteiger partial charge is 0.405 e. The Kier molecular flexibility index (Phi) is 4.19. The number of urea groups is 1. The topological polar surface area (TPSA) is 53.2 Å². The second-order valence-corrected chi connectivity index (χ2v) is 3.49. The summed E-state index contributed by atoms with van der Waals surface area (Å²) in [6.07, 6.45) is -2.64. The molecule has 1 aliphatic rings. The number of amides is 2. The highest BCUT2D eigenvalue weighted by Crippen LogP contribution is 2.12. The summed E-state index contributed by atoms with van der Waals surface area (Å²) < 4.78 is 35.2. The molecule has 0 spiro atoms. The van der Waals surface area contributed by atoms with E-state index in [0.717, 1.165) is 19.4 Å². The number of piperidine rings is 1. The van der Waals surface area contributed by atoms with Gasteiger partial charge in [0.2, 0.25) is 0 Å². The van der Waals surface area contributed by atoms with Gasteiger partial charge in [0.05, 0.1) is 0 Å². The first-order valence-corrected chi connectivity index (χ1v) is 4.79. The second kappa shape index (κ2) is 5.20. The van der Waals surface area contributed by atoms with Gasteiger partial charge in [0, 0.05) is 12.6 Å². The van der Waals surface area contributed by atoms with Crippen molar-refractivity contribution in [3.05, 3.63) is 0 Å². The first kappa shape index (κ1) is 12.1. The SMILES string of the molecule is O=C(NCC(F)(F)F)NC1CCCNC1. The lowest BCUT2D eigenvalue weighted by Crippen LogP contribution is -2.50. The van der Waals surface area contributed by atoms with Crippen LogP contribution in [0.25, 0.3) is 0 Å². The summed E-state index contributed by atoms with van der Waals surface area (Å²) in [4.78, 5) is 11.0. The molecule has 0 bridgehead atoms. The molecule has 3 N–H and O–H groups in total. The van der Waals surface area contributed by atoms with Gasteiger partial charge in [-0.25, -0.2) is 4.79 Å². The smallest absolute Gasteiger partial charge is 0.334 e. The number of carbonyl (C=O) groups is 1. The van der Waals surface area contributed by atoms with Crippen LogP contribution in [-0.4, -0.2) is 37.9 Å². The summed E-state index contributed by atoms with van der Waals surface area (Å²) in [6.45, 7) is 0.209. The number of alkyl halides is 3. The highest BCUT2D eigenvalue weighted by atomic mass is 19.4.